The van der Waals surface area contributed by atoms with Crippen LogP contribution < -0.4 is 4.90 Å². The van der Waals surface area contributed by atoms with Crippen molar-refractivity contribution in [1.82, 2.24) is 9.88 Å². The maximum atomic E-state index is 13.0. The third kappa shape index (κ3) is 2.85. The van der Waals surface area contributed by atoms with Gasteiger partial charge in [-0.1, -0.05) is 0 Å². The highest BCUT2D eigenvalue weighted by atomic mass is 32.1. The zero-order chi connectivity index (χ0) is 16.5. The van der Waals surface area contributed by atoms with E-state index in [0.29, 0.717) is 18.7 Å². The number of piperazine rings is 1. The summed E-state index contributed by atoms with van der Waals surface area (Å²) in [5.41, 5.74) is 4.43. The third-order valence-corrected chi connectivity index (χ3v) is 5.13. The number of fused-ring (bicyclic) bond motifs is 1. The summed E-state index contributed by atoms with van der Waals surface area (Å²) in [7, 11) is 0. The lowest BCUT2D eigenvalue weighted by Gasteiger charge is -2.36. The summed E-state index contributed by atoms with van der Waals surface area (Å²) in [6, 6.07) is 12.2. The SMILES string of the molecule is O=C(c1ccc2ncsc2c1)N1CCN(c2ccc(F)cc2)CC1. The number of hydrogen-bond donors (Lipinski definition) is 0. The minimum Gasteiger partial charge on any atom is -0.368 e. The predicted octanol–water partition coefficient (Wildman–Crippen LogP) is 3.40. The molecule has 0 unspecified atom stereocenters. The van der Waals surface area contributed by atoms with Gasteiger partial charge in [-0.15, -0.1) is 11.3 Å². The van der Waals surface area contributed by atoms with Crippen molar-refractivity contribution in [3.63, 3.8) is 0 Å². The van der Waals surface area contributed by atoms with E-state index in [1.807, 2.05) is 23.1 Å². The Labute approximate surface area is 143 Å². The number of carbonyl (C=O) groups is 1. The Bertz CT molecular complexity index is 869. The monoisotopic (exact) mass is 341 g/mol. The fourth-order valence-corrected chi connectivity index (χ4v) is 3.71. The van der Waals surface area contributed by atoms with Gasteiger partial charge in [-0.2, -0.15) is 0 Å². The van der Waals surface area contributed by atoms with Gasteiger partial charge in [-0.3, -0.25) is 4.79 Å². The number of rotatable bonds is 2. The van der Waals surface area contributed by atoms with E-state index in [9.17, 15) is 9.18 Å². The van der Waals surface area contributed by atoms with Crippen molar-refractivity contribution >= 4 is 33.1 Å². The number of aromatic nitrogens is 1. The van der Waals surface area contributed by atoms with Crippen molar-refractivity contribution in [2.24, 2.45) is 0 Å². The summed E-state index contributed by atoms with van der Waals surface area (Å²) in [5, 5.41) is 0. The van der Waals surface area contributed by atoms with Crippen molar-refractivity contribution < 1.29 is 9.18 Å². The van der Waals surface area contributed by atoms with Gasteiger partial charge in [-0.25, -0.2) is 9.37 Å². The van der Waals surface area contributed by atoms with E-state index in [2.05, 4.69) is 9.88 Å². The van der Waals surface area contributed by atoms with E-state index in [1.165, 1.54) is 12.1 Å². The molecule has 4 nitrogen and oxygen atoms in total. The number of thiazole rings is 1. The quantitative estimate of drug-likeness (QED) is 0.717. The average molecular weight is 341 g/mol. The molecule has 1 aromatic heterocycles. The molecule has 0 atom stereocenters. The number of carbonyl (C=O) groups excluding carboxylic acids is 1. The van der Waals surface area contributed by atoms with Gasteiger partial charge in [-0.05, 0) is 42.5 Å². The summed E-state index contributed by atoms with van der Waals surface area (Å²) in [4.78, 5) is 21.0. The van der Waals surface area contributed by atoms with Gasteiger partial charge in [0.15, 0.2) is 0 Å². The van der Waals surface area contributed by atoms with Crippen LogP contribution in [-0.4, -0.2) is 42.0 Å². The van der Waals surface area contributed by atoms with Crippen LogP contribution in [0.3, 0.4) is 0 Å². The van der Waals surface area contributed by atoms with Crippen molar-refractivity contribution in [2.45, 2.75) is 0 Å². The van der Waals surface area contributed by atoms with Crippen molar-refractivity contribution in [2.75, 3.05) is 31.1 Å². The first-order valence-corrected chi connectivity index (χ1v) is 8.72. The smallest absolute Gasteiger partial charge is 0.254 e. The van der Waals surface area contributed by atoms with Gasteiger partial charge in [0.2, 0.25) is 0 Å². The fourth-order valence-electron chi connectivity index (χ4n) is 2.99. The number of halogens is 1. The molecular weight excluding hydrogens is 325 g/mol. The van der Waals surface area contributed by atoms with Crippen LogP contribution in [0, 0.1) is 5.82 Å². The van der Waals surface area contributed by atoms with Crippen LogP contribution in [0.2, 0.25) is 0 Å². The lowest BCUT2D eigenvalue weighted by Crippen LogP contribution is -2.48. The minimum atomic E-state index is -0.231. The molecule has 0 saturated carbocycles. The lowest BCUT2D eigenvalue weighted by atomic mass is 10.1. The van der Waals surface area contributed by atoms with E-state index in [4.69, 9.17) is 0 Å². The first-order valence-electron chi connectivity index (χ1n) is 7.84. The standard InChI is InChI=1S/C18H16FN3OS/c19-14-2-4-15(5-3-14)21-7-9-22(10-8-21)18(23)13-1-6-16-17(11-13)24-12-20-16/h1-6,11-12H,7-10H2. The van der Waals surface area contributed by atoms with E-state index in [0.717, 1.165) is 29.0 Å². The van der Waals surface area contributed by atoms with Crippen molar-refractivity contribution in [3.8, 4) is 0 Å². The van der Waals surface area contributed by atoms with Gasteiger partial charge in [0, 0.05) is 37.4 Å². The van der Waals surface area contributed by atoms with Crippen LogP contribution >= 0.6 is 11.3 Å². The normalized spacial score (nSPS) is 15.0. The molecule has 1 fully saturated rings. The highest BCUT2D eigenvalue weighted by Gasteiger charge is 2.22. The molecule has 1 aliphatic heterocycles. The maximum absolute atomic E-state index is 13.0. The molecule has 122 valence electrons. The summed E-state index contributed by atoms with van der Waals surface area (Å²) < 4.78 is 14.1. The van der Waals surface area contributed by atoms with E-state index < -0.39 is 0 Å². The molecule has 2 heterocycles. The Morgan fingerprint density at radius 1 is 1.04 bits per heavy atom. The molecule has 0 spiro atoms. The lowest BCUT2D eigenvalue weighted by molar-refractivity contribution is 0.0747. The Morgan fingerprint density at radius 2 is 1.79 bits per heavy atom. The van der Waals surface area contributed by atoms with E-state index in [1.54, 1.807) is 29.0 Å². The topological polar surface area (TPSA) is 36.4 Å². The van der Waals surface area contributed by atoms with E-state index in [-0.39, 0.29) is 11.7 Å². The fraction of sp³-hybridized carbons (Fsp3) is 0.222. The highest BCUT2D eigenvalue weighted by molar-refractivity contribution is 7.16. The maximum Gasteiger partial charge on any atom is 0.254 e. The average Bonchev–Trinajstić information content (AvgIpc) is 3.09. The van der Waals surface area contributed by atoms with E-state index >= 15 is 0 Å². The first-order chi connectivity index (χ1) is 11.7. The molecule has 3 aromatic rings. The third-order valence-electron chi connectivity index (χ3n) is 4.34. The Hall–Kier alpha value is -2.47. The van der Waals surface area contributed by atoms with Crippen molar-refractivity contribution in [3.05, 3.63) is 59.4 Å². The van der Waals surface area contributed by atoms with Gasteiger partial charge >= 0.3 is 0 Å². The van der Waals surface area contributed by atoms with Gasteiger partial charge < -0.3 is 9.80 Å². The van der Waals surface area contributed by atoms with Gasteiger partial charge in [0.25, 0.3) is 5.91 Å². The molecule has 6 heteroatoms. The molecule has 0 N–H and O–H groups in total. The molecule has 0 radical (unpaired) electrons. The zero-order valence-corrected chi connectivity index (χ0v) is 13.8. The van der Waals surface area contributed by atoms with Crippen molar-refractivity contribution in [1.29, 1.82) is 0 Å². The molecule has 2 aromatic carbocycles. The molecule has 1 aliphatic rings. The Balaban J connectivity index is 1.44. The van der Waals surface area contributed by atoms with Crippen LogP contribution in [0.5, 0.6) is 0 Å². The second-order valence-corrected chi connectivity index (χ2v) is 6.68. The summed E-state index contributed by atoms with van der Waals surface area (Å²) >= 11 is 1.54. The van der Waals surface area contributed by atoms with Crippen LogP contribution in [0.15, 0.2) is 48.0 Å². The van der Waals surface area contributed by atoms with Crippen LogP contribution in [0.1, 0.15) is 10.4 Å². The highest BCUT2D eigenvalue weighted by Crippen LogP contribution is 2.21. The molecule has 0 bridgehead atoms. The van der Waals surface area contributed by atoms with Gasteiger partial charge in [0.1, 0.15) is 5.82 Å². The minimum absolute atomic E-state index is 0.0593. The molecule has 0 aliphatic carbocycles. The second kappa shape index (κ2) is 6.20. The molecule has 24 heavy (non-hydrogen) atoms. The summed E-state index contributed by atoms with van der Waals surface area (Å²) in [6.07, 6.45) is 0. The number of benzene rings is 2. The number of nitrogens with zero attached hydrogens (tertiary/aromatic N) is 3. The Kier molecular flexibility index (Phi) is 3.90. The number of anilines is 1. The summed E-state index contributed by atoms with van der Waals surface area (Å²) in [6.45, 7) is 2.83. The molecular formula is C18H16FN3OS. The number of hydrogen-bond acceptors (Lipinski definition) is 4. The molecule has 4 rings (SSSR count). The van der Waals surface area contributed by atoms with Crippen LogP contribution in [0.4, 0.5) is 10.1 Å². The Morgan fingerprint density at radius 3 is 2.54 bits per heavy atom. The molecule has 1 amide bonds. The largest absolute Gasteiger partial charge is 0.368 e. The second-order valence-electron chi connectivity index (χ2n) is 5.79. The van der Waals surface area contributed by atoms with Crippen LogP contribution in [-0.2, 0) is 0 Å². The van der Waals surface area contributed by atoms with Crippen LogP contribution in [0.25, 0.3) is 10.2 Å². The summed E-state index contributed by atoms with van der Waals surface area (Å²) in [5.74, 6) is -0.171. The molecule has 1 saturated heterocycles. The number of amides is 1. The first kappa shape index (κ1) is 15.1. The van der Waals surface area contributed by atoms with Gasteiger partial charge in [0.05, 0.1) is 15.7 Å². The predicted molar refractivity (Wildman–Crippen MR) is 94.1 cm³/mol. The zero-order valence-electron chi connectivity index (χ0n) is 13.0.